The summed E-state index contributed by atoms with van der Waals surface area (Å²) in [5.74, 6) is 0. The zero-order valence-electron chi connectivity index (χ0n) is 14.4. The maximum Gasteiger partial charge on any atom is 0.488 e. The molecule has 0 spiro atoms. The van der Waals surface area contributed by atoms with Crippen molar-refractivity contribution in [2.75, 3.05) is 5.32 Å². The van der Waals surface area contributed by atoms with Crippen LogP contribution in [0.5, 0.6) is 0 Å². The maximum atomic E-state index is 12.5. The normalized spacial score (nSPS) is 14.7. The molecule has 2 amide bonds. The number of hydrogen-bond acceptors (Lipinski definition) is 4. The Kier molecular flexibility index (Phi) is 4.93. The second-order valence-corrected chi connectivity index (χ2v) is 7.72. The van der Waals surface area contributed by atoms with Gasteiger partial charge in [0.25, 0.3) is 0 Å². The lowest BCUT2D eigenvalue weighted by Crippen LogP contribution is -2.30. The van der Waals surface area contributed by atoms with Gasteiger partial charge in [-0.1, -0.05) is 18.2 Å². The molecule has 0 radical (unpaired) electrons. The quantitative estimate of drug-likeness (QED) is 0.493. The summed E-state index contributed by atoms with van der Waals surface area (Å²) in [4.78, 5) is 13.2. The van der Waals surface area contributed by atoms with Gasteiger partial charge in [0, 0.05) is 10.6 Å². The number of carbonyl (C=O) groups is 1. The first kappa shape index (κ1) is 17.5. The molecule has 2 aliphatic carbocycles. The molecule has 0 saturated carbocycles. The third kappa shape index (κ3) is 3.47. The fraction of sp³-hybridized carbons (Fsp3) is 0.316. The van der Waals surface area contributed by atoms with Gasteiger partial charge in [0.1, 0.15) is 0 Å². The minimum Gasteiger partial charge on any atom is -0.423 e. The number of anilines is 1. The summed E-state index contributed by atoms with van der Waals surface area (Å²) < 4.78 is 2.80. The third-order valence-electron chi connectivity index (χ3n) is 5.13. The minimum atomic E-state index is -1.51. The van der Waals surface area contributed by atoms with Gasteiger partial charge >= 0.3 is 13.1 Å². The molecule has 0 unspecified atom stereocenters. The predicted octanol–water partition coefficient (Wildman–Crippen LogP) is 2.17. The van der Waals surface area contributed by atoms with Crippen molar-refractivity contribution in [3.05, 3.63) is 52.6 Å². The summed E-state index contributed by atoms with van der Waals surface area (Å²) in [6, 6.07) is 8.91. The van der Waals surface area contributed by atoms with Crippen molar-refractivity contribution in [1.29, 1.82) is 0 Å². The molecule has 0 atom stereocenters. The number of hydrogen-bond donors (Lipinski definition) is 4. The Hall–Kier alpha value is -1.96. The van der Waals surface area contributed by atoms with Gasteiger partial charge in [-0.3, -0.25) is 4.72 Å². The molecule has 0 aliphatic heterocycles. The van der Waals surface area contributed by atoms with Crippen LogP contribution in [0.4, 0.5) is 10.5 Å². The standard InChI is InChI=1S/C19H21BN2O3S/c23-19(22-26-15-7-3-6-14(11-15)20(24)25)21-18-16-8-1-4-12(16)10-13-5-2-9-17(13)18/h3,6-7,10-11,24-25H,1-2,4-5,8-9H2,(H2,21,22,23). The van der Waals surface area contributed by atoms with Crippen LogP contribution in [0.25, 0.3) is 0 Å². The van der Waals surface area contributed by atoms with Crippen LogP contribution in [0, 0.1) is 0 Å². The highest BCUT2D eigenvalue weighted by Crippen LogP contribution is 2.38. The molecule has 7 heteroatoms. The first-order valence-corrected chi connectivity index (χ1v) is 9.80. The number of urea groups is 1. The van der Waals surface area contributed by atoms with Crippen LogP contribution in [0.1, 0.15) is 35.1 Å². The van der Waals surface area contributed by atoms with E-state index in [2.05, 4.69) is 16.1 Å². The average Bonchev–Trinajstić information content (AvgIpc) is 3.29. The van der Waals surface area contributed by atoms with Gasteiger partial charge in [0.15, 0.2) is 0 Å². The topological polar surface area (TPSA) is 81.6 Å². The SMILES string of the molecule is O=C(NSc1cccc(B(O)O)c1)Nc1c2c(cc3c1CCC3)CCC2. The van der Waals surface area contributed by atoms with Crippen molar-refractivity contribution in [3.63, 3.8) is 0 Å². The van der Waals surface area contributed by atoms with E-state index in [1.54, 1.807) is 18.2 Å². The Labute approximate surface area is 157 Å². The van der Waals surface area contributed by atoms with E-state index in [0.717, 1.165) is 61.1 Å². The fourth-order valence-corrected chi connectivity index (χ4v) is 4.55. The summed E-state index contributed by atoms with van der Waals surface area (Å²) >= 11 is 1.16. The Balaban J connectivity index is 1.47. The summed E-state index contributed by atoms with van der Waals surface area (Å²) in [5, 5.41) is 21.6. The molecule has 2 aromatic carbocycles. The maximum absolute atomic E-state index is 12.5. The highest BCUT2D eigenvalue weighted by Gasteiger charge is 2.25. The van der Waals surface area contributed by atoms with Gasteiger partial charge in [0.05, 0.1) is 0 Å². The summed E-state index contributed by atoms with van der Waals surface area (Å²) in [6.45, 7) is 0. The van der Waals surface area contributed by atoms with Crippen molar-refractivity contribution in [2.24, 2.45) is 0 Å². The fourth-order valence-electron chi connectivity index (χ4n) is 3.95. The monoisotopic (exact) mass is 368 g/mol. The minimum absolute atomic E-state index is 0.251. The lowest BCUT2D eigenvalue weighted by molar-refractivity contribution is 0.257. The van der Waals surface area contributed by atoms with Crippen LogP contribution in [0.15, 0.2) is 35.2 Å². The zero-order chi connectivity index (χ0) is 18.1. The summed E-state index contributed by atoms with van der Waals surface area (Å²) in [6.07, 6.45) is 6.57. The first-order chi connectivity index (χ1) is 12.6. The summed E-state index contributed by atoms with van der Waals surface area (Å²) in [5.41, 5.74) is 6.80. The van der Waals surface area contributed by atoms with E-state index in [0.29, 0.717) is 5.46 Å². The van der Waals surface area contributed by atoms with Crippen LogP contribution in [-0.4, -0.2) is 23.2 Å². The molecule has 0 fully saturated rings. The van der Waals surface area contributed by atoms with E-state index in [-0.39, 0.29) is 6.03 Å². The predicted molar refractivity (Wildman–Crippen MR) is 105 cm³/mol. The van der Waals surface area contributed by atoms with Crippen LogP contribution in [0.3, 0.4) is 0 Å². The molecule has 4 rings (SSSR count). The average molecular weight is 368 g/mol. The van der Waals surface area contributed by atoms with Crippen LogP contribution < -0.4 is 15.5 Å². The molecule has 0 heterocycles. The Morgan fingerprint density at radius 3 is 2.35 bits per heavy atom. The lowest BCUT2D eigenvalue weighted by Gasteiger charge is -2.16. The second-order valence-electron chi connectivity index (χ2n) is 6.84. The van der Waals surface area contributed by atoms with Gasteiger partial charge in [-0.25, -0.2) is 4.79 Å². The van der Waals surface area contributed by atoms with Gasteiger partial charge in [-0.15, -0.1) is 0 Å². The Morgan fingerprint density at radius 2 is 1.69 bits per heavy atom. The molecule has 4 N–H and O–H groups in total. The zero-order valence-corrected chi connectivity index (χ0v) is 15.2. The van der Waals surface area contributed by atoms with Crippen molar-refractivity contribution in [1.82, 2.24) is 4.72 Å². The highest BCUT2D eigenvalue weighted by atomic mass is 32.2. The molecular formula is C19H21BN2O3S. The number of fused-ring (bicyclic) bond motifs is 2. The van der Waals surface area contributed by atoms with Gasteiger partial charge in [-0.05, 0) is 90.3 Å². The van der Waals surface area contributed by atoms with Crippen LogP contribution >= 0.6 is 11.9 Å². The van der Waals surface area contributed by atoms with Crippen LogP contribution in [-0.2, 0) is 25.7 Å². The Bertz CT molecular complexity index is 825. The molecule has 134 valence electrons. The third-order valence-corrected chi connectivity index (χ3v) is 5.91. The van der Waals surface area contributed by atoms with Crippen molar-refractivity contribution in [3.8, 4) is 0 Å². The smallest absolute Gasteiger partial charge is 0.423 e. The molecule has 26 heavy (non-hydrogen) atoms. The number of carbonyl (C=O) groups excluding carboxylic acids is 1. The summed E-state index contributed by atoms with van der Waals surface area (Å²) in [7, 11) is -1.51. The van der Waals surface area contributed by atoms with E-state index >= 15 is 0 Å². The van der Waals surface area contributed by atoms with E-state index in [1.165, 1.54) is 22.3 Å². The number of rotatable bonds is 4. The van der Waals surface area contributed by atoms with Crippen molar-refractivity contribution >= 4 is 36.2 Å². The molecule has 2 aliphatic rings. The van der Waals surface area contributed by atoms with E-state index in [1.807, 2.05) is 6.07 Å². The van der Waals surface area contributed by atoms with Gasteiger partial charge in [0.2, 0.25) is 0 Å². The lowest BCUT2D eigenvalue weighted by atomic mass is 9.81. The number of nitrogens with one attached hydrogen (secondary N) is 2. The molecule has 2 aromatic rings. The molecule has 0 bridgehead atoms. The number of amides is 2. The molecule has 0 aromatic heterocycles. The Morgan fingerprint density at radius 1 is 1.00 bits per heavy atom. The first-order valence-electron chi connectivity index (χ1n) is 8.98. The van der Waals surface area contributed by atoms with E-state index in [4.69, 9.17) is 0 Å². The van der Waals surface area contributed by atoms with E-state index < -0.39 is 7.12 Å². The number of aryl methyl sites for hydroxylation is 2. The molecule has 0 saturated heterocycles. The van der Waals surface area contributed by atoms with Gasteiger partial charge in [-0.2, -0.15) is 0 Å². The van der Waals surface area contributed by atoms with Crippen molar-refractivity contribution in [2.45, 2.75) is 43.4 Å². The van der Waals surface area contributed by atoms with Crippen LogP contribution in [0.2, 0.25) is 0 Å². The molecule has 5 nitrogen and oxygen atoms in total. The second kappa shape index (κ2) is 7.35. The number of benzene rings is 2. The van der Waals surface area contributed by atoms with E-state index in [9.17, 15) is 14.8 Å². The van der Waals surface area contributed by atoms with Crippen molar-refractivity contribution < 1.29 is 14.8 Å². The molecular weight excluding hydrogens is 347 g/mol. The highest BCUT2D eigenvalue weighted by molar-refractivity contribution is 7.98. The van der Waals surface area contributed by atoms with Gasteiger partial charge < -0.3 is 15.4 Å². The largest absolute Gasteiger partial charge is 0.488 e.